The normalized spacial score (nSPS) is 25.6. The maximum atomic E-state index is 12.3. The molecule has 2 heterocycles. The number of rotatable bonds is 4. The molecule has 0 unspecified atom stereocenters. The van der Waals surface area contributed by atoms with Gasteiger partial charge in [0.1, 0.15) is 0 Å². The third-order valence-electron chi connectivity index (χ3n) is 4.71. The number of hydrogen-bond acceptors (Lipinski definition) is 4. The topological polar surface area (TPSA) is 101 Å². The molecule has 0 bridgehead atoms. The summed E-state index contributed by atoms with van der Waals surface area (Å²) in [6.45, 7) is 1.71. The number of likely N-dealkylation sites (tertiary alicyclic amines) is 1. The van der Waals surface area contributed by atoms with E-state index in [0.29, 0.717) is 39.0 Å². The van der Waals surface area contributed by atoms with Crippen molar-refractivity contribution in [1.29, 1.82) is 0 Å². The zero-order chi connectivity index (χ0) is 15.2. The fraction of sp³-hybridized carbons (Fsp3) is 0.846. The molecule has 0 aromatic carbocycles. The molecule has 0 radical (unpaired) electrons. The smallest absolute Gasteiger partial charge is 0.228 e. The van der Waals surface area contributed by atoms with Gasteiger partial charge in [-0.15, -0.1) is 0 Å². The van der Waals surface area contributed by atoms with Gasteiger partial charge in [0.25, 0.3) is 0 Å². The lowest BCUT2D eigenvalue weighted by Gasteiger charge is -2.41. The van der Waals surface area contributed by atoms with E-state index in [1.54, 1.807) is 4.90 Å². The second kappa shape index (κ2) is 5.24. The van der Waals surface area contributed by atoms with Gasteiger partial charge in [0.05, 0.1) is 11.2 Å². The summed E-state index contributed by atoms with van der Waals surface area (Å²) in [6, 6.07) is 0. The van der Waals surface area contributed by atoms with Gasteiger partial charge in [-0.3, -0.25) is 9.59 Å². The van der Waals surface area contributed by atoms with Crippen LogP contribution >= 0.6 is 0 Å². The number of nitrogens with zero attached hydrogens (tertiary/aromatic N) is 2. The van der Waals surface area contributed by atoms with Gasteiger partial charge < -0.3 is 10.6 Å². The number of sulfonamides is 1. The number of primary amides is 1. The first-order valence-electron chi connectivity index (χ1n) is 7.46. The predicted octanol–water partition coefficient (Wildman–Crippen LogP) is -0.866. The molecule has 2 saturated heterocycles. The first-order chi connectivity index (χ1) is 9.89. The molecule has 3 rings (SSSR count). The van der Waals surface area contributed by atoms with Gasteiger partial charge in [-0.1, -0.05) is 0 Å². The summed E-state index contributed by atoms with van der Waals surface area (Å²) in [5.74, 6) is -0.640. The molecule has 21 heavy (non-hydrogen) atoms. The summed E-state index contributed by atoms with van der Waals surface area (Å²) in [6.07, 6.45) is 2.71. The van der Waals surface area contributed by atoms with Crippen LogP contribution in [0.3, 0.4) is 0 Å². The van der Waals surface area contributed by atoms with Crippen molar-refractivity contribution in [2.75, 3.05) is 26.2 Å². The predicted molar refractivity (Wildman–Crippen MR) is 75.5 cm³/mol. The van der Waals surface area contributed by atoms with E-state index >= 15 is 0 Å². The zero-order valence-corrected chi connectivity index (χ0v) is 12.7. The fourth-order valence-corrected chi connectivity index (χ4v) is 4.95. The van der Waals surface area contributed by atoms with Crippen LogP contribution in [-0.4, -0.2) is 60.9 Å². The molecule has 2 aliphatic heterocycles. The highest BCUT2D eigenvalue weighted by molar-refractivity contribution is 7.90. The van der Waals surface area contributed by atoms with Crippen LogP contribution in [0.5, 0.6) is 0 Å². The number of nitrogens with two attached hydrogens (primary N) is 1. The second-order valence-corrected chi connectivity index (χ2v) is 8.47. The van der Waals surface area contributed by atoms with E-state index in [4.69, 9.17) is 5.73 Å². The van der Waals surface area contributed by atoms with Gasteiger partial charge in [0.2, 0.25) is 21.8 Å². The van der Waals surface area contributed by atoms with Crippen LogP contribution in [0.4, 0.5) is 0 Å². The number of piperidine rings is 1. The van der Waals surface area contributed by atoms with Crippen LogP contribution in [-0.2, 0) is 19.6 Å². The van der Waals surface area contributed by atoms with E-state index in [0.717, 1.165) is 12.8 Å². The van der Waals surface area contributed by atoms with Crippen molar-refractivity contribution >= 4 is 21.8 Å². The molecule has 8 heteroatoms. The van der Waals surface area contributed by atoms with Crippen molar-refractivity contribution in [3.8, 4) is 0 Å². The molecule has 1 aliphatic carbocycles. The third-order valence-corrected chi connectivity index (χ3v) is 7.04. The van der Waals surface area contributed by atoms with E-state index in [2.05, 4.69) is 0 Å². The fourth-order valence-electron chi connectivity index (χ4n) is 3.02. The monoisotopic (exact) mass is 315 g/mol. The number of amides is 2. The van der Waals surface area contributed by atoms with Crippen molar-refractivity contribution < 1.29 is 18.0 Å². The highest BCUT2D eigenvalue weighted by Gasteiger charge is 2.47. The van der Waals surface area contributed by atoms with E-state index in [1.165, 1.54) is 4.31 Å². The van der Waals surface area contributed by atoms with E-state index in [-0.39, 0.29) is 28.9 Å². The lowest BCUT2D eigenvalue weighted by Crippen LogP contribution is -2.58. The van der Waals surface area contributed by atoms with Crippen LogP contribution in [0.1, 0.15) is 25.7 Å². The van der Waals surface area contributed by atoms with Gasteiger partial charge in [-0.2, -0.15) is 4.31 Å². The van der Waals surface area contributed by atoms with Crippen molar-refractivity contribution in [3.63, 3.8) is 0 Å². The Labute approximate surface area is 124 Å². The van der Waals surface area contributed by atoms with Gasteiger partial charge in [0.15, 0.2) is 0 Å². The van der Waals surface area contributed by atoms with Crippen LogP contribution in [0.15, 0.2) is 0 Å². The minimum atomic E-state index is -3.14. The molecule has 2 amide bonds. The molecular weight excluding hydrogens is 294 g/mol. The van der Waals surface area contributed by atoms with Crippen molar-refractivity contribution in [2.45, 2.75) is 30.9 Å². The lowest BCUT2D eigenvalue weighted by molar-refractivity contribution is -0.141. The number of hydrogen-bond donors (Lipinski definition) is 1. The average Bonchev–Trinajstić information content (AvgIpc) is 3.21. The third kappa shape index (κ3) is 2.78. The van der Waals surface area contributed by atoms with Crippen molar-refractivity contribution in [2.24, 2.45) is 17.6 Å². The van der Waals surface area contributed by atoms with Gasteiger partial charge >= 0.3 is 0 Å². The highest BCUT2D eigenvalue weighted by atomic mass is 32.2. The summed E-state index contributed by atoms with van der Waals surface area (Å²) < 4.78 is 25.4. The Bertz CT molecular complexity index is 544. The Morgan fingerprint density at radius 1 is 0.952 bits per heavy atom. The standard InChI is InChI=1S/C13H21N3O4S/c14-12(17)9-3-5-15(6-4-9)13(18)10-7-16(8-10)21(19,20)11-1-2-11/h9-11H,1-8H2,(H2,14,17). The molecule has 3 aliphatic rings. The molecule has 0 aromatic rings. The molecule has 0 aromatic heterocycles. The van der Waals surface area contributed by atoms with E-state index < -0.39 is 10.0 Å². The summed E-state index contributed by atoms with van der Waals surface area (Å²) in [5, 5.41) is -0.208. The molecule has 7 nitrogen and oxygen atoms in total. The Morgan fingerprint density at radius 2 is 1.52 bits per heavy atom. The van der Waals surface area contributed by atoms with Crippen molar-refractivity contribution in [3.05, 3.63) is 0 Å². The molecule has 3 fully saturated rings. The first-order valence-corrected chi connectivity index (χ1v) is 8.97. The summed E-state index contributed by atoms with van der Waals surface area (Å²) in [5.41, 5.74) is 5.27. The van der Waals surface area contributed by atoms with Crippen LogP contribution < -0.4 is 5.73 Å². The summed E-state index contributed by atoms with van der Waals surface area (Å²) >= 11 is 0. The van der Waals surface area contributed by atoms with Crippen LogP contribution in [0.2, 0.25) is 0 Å². The molecule has 0 atom stereocenters. The second-order valence-electron chi connectivity index (χ2n) is 6.26. The largest absolute Gasteiger partial charge is 0.369 e. The Kier molecular flexibility index (Phi) is 3.69. The lowest BCUT2D eigenvalue weighted by atomic mass is 9.94. The van der Waals surface area contributed by atoms with Gasteiger partial charge in [-0.25, -0.2) is 8.42 Å². The first kappa shape index (κ1) is 14.8. The van der Waals surface area contributed by atoms with Crippen molar-refractivity contribution in [1.82, 2.24) is 9.21 Å². The van der Waals surface area contributed by atoms with E-state index in [9.17, 15) is 18.0 Å². The van der Waals surface area contributed by atoms with Crippen LogP contribution in [0, 0.1) is 11.8 Å². The zero-order valence-electron chi connectivity index (χ0n) is 11.9. The summed E-state index contributed by atoms with van der Waals surface area (Å²) in [4.78, 5) is 25.1. The Hall–Kier alpha value is -1.15. The van der Waals surface area contributed by atoms with E-state index in [1.807, 2.05) is 0 Å². The number of carbonyl (C=O) groups excluding carboxylic acids is 2. The molecule has 118 valence electrons. The number of carbonyl (C=O) groups is 2. The molecule has 2 N–H and O–H groups in total. The Morgan fingerprint density at radius 3 is 2.00 bits per heavy atom. The Balaban J connectivity index is 1.49. The quantitative estimate of drug-likeness (QED) is 0.729. The molecule has 0 spiro atoms. The summed E-state index contributed by atoms with van der Waals surface area (Å²) in [7, 11) is -3.14. The average molecular weight is 315 g/mol. The van der Waals surface area contributed by atoms with Gasteiger partial charge in [-0.05, 0) is 25.7 Å². The maximum Gasteiger partial charge on any atom is 0.228 e. The molecule has 1 saturated carbocycles. The van der Waals surface area contributed by atoms with Gasteiger partial charge in [0, 0.05) is 32.1 Å². The SMILES string of the molecule is NC(=O)C1CCN(C(=O)C2CN(S(=O)(=O)C3CC3)C2)CC1. The molecular formula is C13H21N3O4S. The minimum Gasteiger partial charge on any atom is -0.369 e. The van der Waals surface area contributed by atoms with Crippen LogP contribution in [0.25, 0.3) is 0 Å². The highest BCUT2D eigenvalue weighted by Crippen LogP contribution is 2.35. The maximum absolute atomic E-state index is 12.3. The minimum absolute atomic E-state index is 0.0140.